The Hall–Kier alpha value is -3.20. The number of aromatic hydroxyl groups is 1. The number of aliphatic hydroxyl groups is 2. The van der Waals surface area contributed by atoms with Gasteiger partial charge >= 0.3 is 0 Å². The molecule has 0 fully saturated rings. The second-order valence-corrected chi connectivity index (χ2v) is 8.15. The normalized spacial score (nSPS) is 21.8. The van der Waals surface area contributed by atoms with Crippen LogP contribution in [0, 0.1) is 5.92 Å². The third kappa shape index (κ3) is 4.80. The SMILES string of the molecule is O=C(C=CC1C=C(O)C=CC1(O)NS(=O)(=O)c1cccc(O)c1)c1ccccc1. The second-order valence-electron chi connectivity index (χ2n) is 6.47. The molecule has 0 amide bonds. The Labute approximate surface area is 168 Å². The molecule has 2 aromatic carbocycles. The topological polar surface area (TPSA) is 124 Å². The van der Waals surface area contributed by atoms with E-state index in [4.69, 9.17) is 0 Å². The number of rotatable bonds is 6. The van der Waals surface area contributed by atoms with Crippen LogP contribution in [0.4, 0.5) is 0 Å². The largest absolute Gasteiger partial charge is 0.508 e. The van der Waals surface area contributed by atoms with Crippen LogP contribution in [0.25, 0.3) is 0 Å². The summed E-state index contributed by atoms with van der Waals surface area (Å²) in [5.41, 5.74) is -1.71. The third-order valence-corrected chi connectivity index (χ3v) is 5.78. The third-order valence-electron chi connectivity index (χ3n) is 4.31. The van der Waals surface area contributed by atoms with Crippen molar-refractivity contribution in [2.45, 2.75) is 10.6 Å². The van der Waals surface area contributed by atoms with Crippen LogP contribution in [0.1, 0.15) is 10.4 Å². The Morgan fingerprint density at radius 1 is 1.07 bits per heavy atom. The minimum absolute atomic E-state index is 0.187. The van der Waals surface area contributed by atoms with Crippen molar-refractivity contribution in [3.05, 3.63) is 96.3 Å². The first-order valence-electron chi connectivity index (χ1n) is 8.63. The summed E-state index contributed by atoms with van der Waals surface area (Å²) in [4.78, 5) is 12.0. The lowest BCUT2D eigenvalue weighted by atomic mass is 9.90. The molecule has 150 valence electrons. The van der Waals surface area contributed by atoms with Crippen molar-refractivity contribution in [1.82, 2.24) is 4.72 Å². The smallest absolute Gasteiger partial charge is 0.243 e. The van der Waals surface area contributed by atoms with Crippen molar-refractivity contribution in [1.29, 1.82) is 0 Å². The predicted molar refractivity (Wildman–Crippen MR) is 107 cm³/mol. The average molecular weight is 413 g/mol. The van der Waals surface area contributed by atoms with Crippen LogP contribution in [-0.4, -0.2) is 35.2 Å². The average Bonchev–Trinajstić information content (AvgIpc) is 2.69. The van der Waals surface area contributed by atoms with Crippen molar-refractivity contribution in [3.63, 3.8) is 0 Å². The number of phenolic OH excluding ortho intramolecular Hbond substituents is 1. The highest BCUT2D eigenvalue weighted by Crippen LogP contribution is 2.28. The minimum atomic E-state index is -4.22. The van der Waals surface area contributed by atoms with Crippen molar-refractivity contribution in [3.8, 4) is 5.75 Å². The Kier molecular flexibility index (Phi) is 5.69. The van der Waals surface area contributed by atoms with Gasteiger partial charge in [0.2, 0.25) is 10.0 Å². The maximum absolute atomic E-state index is 12.7. The Balaban J connectivity index is 1.88. The molecule has 4 N–H and O–H groups in total. The summed E-state index contributed by atoms with van der Waals surface area (Å²) in [7, 11) is -4.22. The first-order chi connectivity index (χ1) is 13.7. The molecular formula is C21H19NO6S. The van der Waals surface area contributed by atoms with Crippen molar-refractivity contribution in [2.75, 3.05) is 0 Å². The Morgan fingerprint density at radius 3 is 2.48 bits per heavy atom. The van der Waals surface area contributed by atoms with Crippen molar-refractivity contribution in [2.24, 2.45) is 5.92 Å². The predicted octanol–water partition coefficient (Wildman–Crippen LogP) is 2.43. The van der Waals surface area contributed by atoms with Gasteiger partial charge in [-0.1, -0.05) is 42.5 Å². The molecule has 0 radical (unpaired) electrons. The number of carbonyl (C=O) groups is 1. The molecule has 3 rings (SSSR count). The summed E-state index contributed by atoms with van der Waals surface area (Å²) in [6.07, 6.45) is 5.97. The van der Waals surface area contributed by atoms with Gasteiger partial charge in [-0.25, -0.2) is 8.42 Å². The van der Waals surface area contributed by atoms with E-state index in [-0.39, 0.29) is 22.2 Å². The van der Waals surface area contributed by atoms with Gasteiger partial charge in [-0.05, 0) is 42.5 Å². The lowest BCUT2D eigenvalue weighted by Gasteiger charge is -2.32. The molecule has 2 unspecified atom stereocenters. The number of carbonyl (C=O) groups excluding carboxylic acids is 1. The van der Waals surface area contributed by atoms with Crippen LogP contribution in [0.3, 0.4) is 0 Å². The molecule has 1 aliphatic rings. The quantitative estimate of drug-likeness (QED) is 0.328. The van der Waals surface area contributed by atoms with Crippen LogP contribution in [-0.2, 0) is 10.0 Å². The number of hydrogen-bond donors (Lipinski definition) is 4. The molecule has 8 heteroatoms. The highest BCUT2D eigenvalue weighted by Gasteiger charge is 2.38. The number of aliphatic hydroxyl groups excluding tert-OH is 1. The van der Waals surface area contributed by atoms with Gasteiger partial charge in [0.05, 0.1) is 4.90 Å². The summed E-state index contributed by atoms with van der Waals surface area (Å²) >= 11 is 0. The van der Waals surface area contributed by atoms with Crippen molar-refractivity contribution < 1.29 is 28.5 Å². The fraction of sp³-hybridized carbons (Fsp3) is 0.0952. The molecule has 0 saturated heterocycles. The van der Waals surface area contributed by atoms with E-state index in [1.807, 2.05) is 0 Å². The van der Waals surface area contributed by atoms with Crippen LogP contribution < -0.4 is 4.72 Å². The number of ketones is 1. The van der Waals surface area contributed by atoms with E-state index in [1.165, 1.54) is 36.4 Å². The van der Waals surface area contributed by atoms with Gasteiger partial charge in [-0.15, -0.1) is 0 Å². The number of allylic oxidation sites excluding steroid dienone is 2. The summed E-state index contributed by atoms with van der Waals surface area (Å²) in [6, 6.07) is 13.4. The molecule has 0 heterocycles. The van der Waals surface area contributed by atoms with Gasteiger partial charge in [0.25, 0.3) is 0 Å². The first kappa shape index (κ1) is 20.5. The van der Waals surface area contributed by atoms with Gasteiger partial charge in [0.1, 0.15) is 11.5 Å². The van der Waals surface area contributed by atoms with Gasteiger partial charge in [0, 0.05) is 11.5 Å². The highest BCUT2D eigenvalue weighted by atomic mass is 32.2. The van der Waals surface area contributed by atoms with E-state index < -0.39 is 21.7 Å². The lowest BCUT2D eigenvalue weighted by molar-refractivity contribution is 0.0500. The van der Waals surface area contributed by atoms with Gasteiger partial charge < -0.3 is 15.3 Å². The molecule has 0 bridgehead atoms. The van der Waals surface area contributed by atoms with Gasteiger partial charge in [-0.2, -0.15) is 4.72 Å². The zero-order chi connectivity index (χ0) is 21.1. The Bertz CT molecular complexity index is 1110. The summed E-state index contributed by atoms with van der Waals surface area (Å²) in [6.45, 7) is 0. The molecular weight excluding hydrogens is 394 g/mol. The maximum atomic E-state index is 12.7. The number of phenols is 1. The monoisotopic (exact) mass is 413 g/mol. The second kappa shape index (κ2) is 8.04. The number of sulfonamides is 1. The molecule has 0 saturated carbocycles. The standard InChI is InChI=1S/C21H19NO6S/c23-17-7-4-8-19(14-17)29(27,28)22-21(26)12-11-18(24)13-16(21)9-10-20(25)15-5-2-1-3-6-15/h1-14,16,22-24,26H. The van der Waals surface area contributed by atoms with Gasteiger partial charge in [0.15, 0.2) is 11.5 Å². The molecule has 0 spiro atoms. The molecule has 2 atom stereocenters. The summed E-state index contributed by atoms with van der Waals surface area (Å²) < 4.78 is 27.5. The number of hydrogen-bond acceptors (Lipinski definition) is 6. The van der Waals surface area contributed by atoms with Crippen LogP contribution in [0.5, 0.6) is 5.75 Å². The van der Waals surface area contributed by atoms with Crippen LogP contribution in [0.2, 0.25) is 0 Å². The molecule has 0 aliphatic heterocycles. The molecule has 29 heavy (non-hydrogen) atoms. The number of nitrogens with one attached hydrogen (secondary N) is 1. The van der Waals surface area contributed by atoms with Gasteiger partial charge in [-0.3, -0.25) is 4.79 Å². The van der Waals surface area contributed by atoms with Crippen molar-refractivity contribution >= 4 is 15.8 Å². The fourth-order valence-electron chi connectivity index (χ4n) is 2.81. The van der Waals surface area contributed by atoms with E-state index in [2.05, 4.69) is 4.72 Å². The van der Waals surface area contributed by atoms with E-state index in [1.54, 1.807) is 30.3 Å². The number of benzene rings is 2. The van der Waals surface area contributed by atoms with E-state index >= 15 is 0 Å². The summed E-state index contributed by atoms with van der Waals surface area (Å²) in [5, 5.41) is 30.2. The maximum Gasteiger partial charge on any atom is 0.243 e. The van der Waals surface area contributed by atoms with Crippen LogP contribution in [0.15, 0.2) is 95.6 Å². The minimum Gasteiger partial charge on any atom is -0.508 e. The van der Waals surface area contributed by atoms with E-state index in [0.29, 0.717) is 5.56 Å². The first-order valence-corrected chi connectivity index (χ1v) is 10.1. The lowest BCUT2D eigenvalue weighted by Crippen LogP contribution is -2.52. The molecule has 0 aromatic heterocycles. The molecule has 1 aliphatic carbocycles. The van der Waals surface area contributed by atoms with E-state index in [9.17, 15) is 28.5 Å². The summed E-state index contributed by atoms with van der Waals surface area (Å²) in [5.74, 6) is -1.84. The van der Waals surface area contributed by atoms with E-state index in [0.717, 1.165) is 18.2 Å². The zero-order valence-corrected chi connectivity index (χ0v) is 16.0. The molecule has 7 nitrogen and oxygen atoms in total. The molecule has 2 aromatic rings. The van der Waals surface area contributed by atoms with Crippen LogP contribution >= 0.6 is 0 Å². The fourth-order valence-corrected chi connectivity index (χ4v) is 4.10. The zero-order valence-electron chi connectivity index (χ0n) is 15.1. The highest BCUT2D eigenvalue weighted by molar-refractivity contribution is 7.89. The Morgan fingerprint density at radius 2 is 1.79 bits per heavy atom.